The molecular weight excluding hydrogens is 342 g/mol. The lowest BCUT2D eigenvalue weighted by atomic mass is 9.79. The smallest absolute Gasteiger partial charge is 0.133 e. The summed E-state index contributed by atoms with van der Waals surface area (Å²) in [5.41, 5.74) is 0.242. The fourth-order valence-corrected chi connectivity index (χ4v) is 3.95. The topological polar surface area (TPSA) is 32.7 Å². The van der Waals surface area contributed by atoms with Gasteiger partial charge in [-0.15, -0.1) is 0 Å². The Kier molecular flexibility index (Phi) is 5.57. The predicted molar refractivity (Wildman–Crippen MR) is 94.4 cm³/mol. The lowest BCUT2D eigenvalue weighted by Crippen LogP contribution is -2.60. The molecule has 1 heterocycles. The van der Waals surface area contributed by atoms with Gasteiger partial charge in [0.05, 0.1) is 4.47 Å². The highest BCUT2D eigenvalue weighted by Gasteiger charge is 2.41. The number of halogens is 1. The molecule has 0 aromatic heterocycles. The minimum atomic E-state index is -0.497. The van der Waals surface area contributed by atoms with Crippen molar-refractivity contribution in [2.75, 3.05) is 13.2 Å². The van der Waals surface area contributed by atoms with Crippen molar-refractivity contribution >= 4 is 15.9 Å². The molecule has 1 aromatic rings. The number of nitrogens with zero attached hydrogens (tertiary/aromatic N) is 1. The highest BCUT2D eigenvalue weighted by Crippen LogP contribution is 2.38. The number of para-hydroxylation sites is 1. The van der Waals surface area contributed by atoms with Gasteiger partial charge in [-0.2, -0.15) is 0 Å². The van der Waals surface area contributed by atoms with Crippen LogP contribution in [0.5, 0.6) is 5.75 Å². The van der Waals surface area contributed by atoms with Crippen molar-refractivity contribution in [1.82, 2.24) is 4.90 Å². The van der Waals surface area contributed by atoms with Crippen LogP contribution in [0.4, 0.5) is 0 Å². The molecule has 3 nitrogen and oxygen atoms in total. The van der Waals surface area contributed by atoms with Crippen LogP contribution >= 0.6 is 15.9 Å². The van der Waals surface area contributed by atoms with E-state index >= 15 is 0 Å². The Morgan fingerprint density at radius 3 is 2.36 bits per heavy atom. The van der Waals surface area contributed by atoms with E-state index in [1.54, 1.807) is 0 Å². The Hall–Kier alpha value is -0.580. The maximum absolute atomic E-state index is 10.4. The summed E-state index contributed by atoms with van der Waals surface area (Å²) in [7, 11) is 0. The summed E-state index contributed by atoms with van der Waals surface area (Å²) in [5.74, 6) is 0.777. The van der Waals surface area contributed by atoms with Crippen LogP contribution in [0.3, 0.4) is 0 Å². The molecule has 0 amide bonds. The first-order valence-electron chi connectivity index (χ1n) is 8.05. The molecule has 124 valence electrons. The van der Waals surface area contributed by atoms with Crippen LogP contribution < -0.4 is 4.74 Å². The maximum atomic E-state index is 10.4. The number of likely N-dealkylation sites (tertiary alicyclic amines) is 1. The van der Waals surface area contributed by atoms with E-state index in [0.29, 0.717) is 13.2 Å². The molecule has 1 atom stereocenters. The summed E-state index contributed by atoms with van der Waals surface area (Å²) in [6.45, 7) is 10.0. The number of benzene rings is 1. The SMILES string of the molecule is CC1(C)CCCC(C)(C)N1C[C@@H](O)COc1ccccc1Br. The standard InChI is InChI=1S/C18H28BrNO2/c1-17(2)10-7-11-18(3,4)20(17)12-14(21)13-22-16-9-6-5-8-15(16)19/h5-6,8-9,14,21H,7,10-13H2,1-4H3/t14-/m1/s1. The molecule has 0 saturated carbocycles. The highest BCUT2D eigenvalue weighted by molar-refractivity contribution is 9.10. The van der Waals surface area contributed by atoms with E-state index in [1.165, 1.54) is 19.3 Å². The van der Waals surface area contributed by atoms with Crippen molar-refractivity contribution in [1.29, 1.82) is 0 Å². The molecule has 1 N–H and O–H groups in total. The summed E-state index contributed by atoms with van der Waals surface area (Å²) in [6, 6.07) is 7.74. The summed E-state index contributed by atoms with van der Waals surface area (Å²) < 4.78 is 6.67. The Morgan fingerprint density at radius 2 is 1.77 bits per heavy atom. The normalized spacial score (nSPS) is 22.3. The van der Waals surface area contributed by atoms with Crippen LogP contribution in [0.1, 0.15) is 47.0 Å². The van der Waals surface area contributed by atoms with Crippen molar-refractivity contribution < 1.29 is 9.84 Å². The molecular formula is C18H28BrNO2. The summed E-state index contributed by atoms with van der Waals surface area (Å²) in [4.78, 5) is 2.44. The second-order valence-electron chi connectivity index (χ2n) is 7.48. The molecule has 0 spiro atoms. The third-order valence-electron chi connectivity index (χ3n) is 4.70. The van der Waals surface area contributed by atoms with E-state index < -0.39 is 6.10 Å². The third kappa shape index (κ3) is 4.24. The Bertz CT molecular complexity index is 486. The van der Waals surface area contributed by atoms with Gasteiger partial charge in [0.2, 0.25) is 0 Å². The number of aliphatic hydroxyl groups excluding tert-OH is 1. The van der Waals surface area contributed by atoms with Gasteiger partial charge in [0, 0.05) is 17.6 Å². The number of aliphatic hydroxyl groups is 1. The first-order valence-corrected chi connectivity index (χ1v) is 8.85. The molecule has 1 aliphatic rings. The summed E-state index contributed by atoms with van der Waals surface area (Å²) in [6.07, 6.45) is 3.10. The van der Waals surface area contributed by atoms with E-state index in [9.17, 15) is 5.11 Å². The second-order valence-corrected chi connectivity index (χ2v) is 8.34. The first-order chi connectivity index (χ1) is 10.2. The van der Waals surface area contributed by atoms with Gasteiger partial charge in [0.15, 0.2) is 0 Å². The summed E-state index contributed by atoms with van der Waals surface area (Å²) >= 11 is 3.46. The van der Waals surface area contributed by atoms with E-state index in [-0.39, 0.29) is 11.1 Å². The maximum Gasteiger partial charge on any atom is 0.133 e. The number of ether oxygens (including phenoxy) is 1. The molecule has 4 heteroatoms. The molecule has 1 saturated heterocycles. The predicted octanol–water partition coefficient (Wildman–Crippen LogP) is 4.23. The third-order valence-corrected chi connectivity index (χ3v) is 5.35. The van der Waals surface area contributed by atoms with Gasteiger partial charge >= 0.3 is 0 Å². The minimum absolute atomic E-state index is 0.121. The fraction of sp³-hybridized carbons (Fsp3) is 0.667. The van der Waals surface area contributed by atoms with Gasteiger partial charge in [0.1, 0.15) is 18.5 Å². The molecule has 0 bridgehead atoms. The quantitative estimate of drug-likeness (QED) is 0.842. The Morgan fingerprint density at radius 1 is 1.18 bits per heavy atom. The molecule has 22 heavy (non-hydrogen) atoms. The number of hydrogen-bond donors (Lipinski definition) is 1. The lowest BCUT2D eigenvalue weighted by molar-refractivity contribution is -0.0607. The van der Waals surface area contributed by atoms with Gasteiger partial charge in [-0.05, 0) is 75.0 Å². The van der Waals surface area contributed by atoms with E-state index in [4.69, 9.17) is 4.74 Å². The molecule has 1 fully saturated rings. The average Bonchev–Trinajstić information content (AvgIpc) is 2.42. The zero-order valence-electron chi connectivity index (χ0n) is 14.1. The minimum Gasteiger partial charge on any atom is -0.490 e. The van der Waals surface area contributed by atoms with Crippen LogP contribution in [-0.2, 0) is 0 Å². The molecule has 1 aliphatic heterocycles. The van der Waals surface area contributed by atoms with Crippen molar-refractivity contribution in [3.8, 4) is 5.75 Å². The number of piperidine rings is 1. The van der Waals surface area contributed by atoms with Gasteiger partial charge in [-0.1, -0.05) is 12.1 Å². The van der Waals surface area contributed by atoms with Crippen LogP contribution in [-0.4, -0.2) is 40.3 Å². The molecule has 2 rings (SSSR count). The van der Waals surface area contributed by atoms with E-state index in [1.807, 2.05) is 24.3 Å². The zero-order valence-corrected chi connectivity index (χ0v) is 15.7. The van der Waals surface area contributed by atoms with Crippen LogP contribution in [0.2, 0.25) is 0 Å². The molecule has 1 aromatic carbocycles. The van der Waals surface area contributed by atoms with Gasteiger partial charge in [-0.3, -0.25) is 4.90 Å². The van der Waals surface area contributed by atoms with Crippen molar-refractivity contribution in [3.05, 3.63) is 28.7 Å². The van der Waals surface area contributed by atoms with E-state index in [0.717, 1.165) is 10.2 Å². The Balaban J connectivity index is 1.95. The van der Waals surface area contributed by atoms with Gasteiger partial charge < -0.3 is 9.84 Å². The number of rotatable bonds is 5. The number of β-amino-alcohol motifs (C(OH)–C–C–N with tert-alkyl or cyclic N) is 1. The monoisotopic (exact) mass is 369 g/mol. The molecule has 0 radical (unpaired) electrons. The first kappa shape index (κ1) is 17.8. The largest absolute Gasteiger partial charge is 0.490 e. The zero-order chi connectivity index (χ0) is 16.4. The molecule has 0 unspecified atom stereocenters. The van der Waals surface area contributed by atoms with Crippen LogP contribution in [0.25, 0.3) is 0 Å². The van der Waals surface area contributed by atoms with Crippen LogP contribution in [0, 0.1) is 0 Å². The highest BCUT2D eigenvalue weighted by atomic mass is 79.9. The van der Waals surface area contributed by atoms with E-state index in [2.05, 4.69) is 48.5 Å². The van der Waals surface area contributed by atoms with Crippen LogP contribution in [0.15, 0.2) is 28.7 Å². The van der Waals surface area contributed by atoms with Crippen molar-refractivity contribution in [2.45, 2.75) is 64.1 Å². The lowest BCUT2D eigenvalue weighted by Gasteiger charge is -2.53. The second kappa shape index (κ2) is 6.90. The fourth-order valence-electron chi connectivity index (χ4n) is 3.55. The van der Waals surface area contributed by atoms with Gasteiger partial charge in [-0.25, -0.2) is 0 Å². The van der Waals surface area contributed by atoms with Crippen molar-refractivity contribution in [2.24, 2.45) is 0 Å². The Labute approximate surface area is 142 Å². The summed E-state index contributed by atoms with van der Waals surface area (Å²) in [5, 5.41) is 10.4. The molecule has 0 aliphatic carbocycles. The number of hydrogen-bond acceptors (Lipinski definition) is 3. The van der Waals surface area contributed by atoms with Gasteiger partial charge in [0.25, 0.3) is 0 Å². The average molecular weight is 370 g/mol. The van der Waals surface area contributed by atoms with Crippen molar-refractivity contribution in [3.63, 3.8) is 0 Å².